The molecule has 0 spiro atoms. The lowest BCUT2D eigenvalue weighted by Crippen LogP contribution is -2.00. The maximum atomic E-state index is 13.4. The lowest BCUT2D eigenvalue weighted by molar-refractivity contribution is 0.490. The Morgan fingerprint density at radius 1 is 1.31 bits per heavy atom. The van der Waals surface area contributed by atoms with Crippen molar-refractivity contribution in [2.24, 2.45) is 0 Å². The van der Waals surface area contributed by atoms with Gasteiger partial charge in [0, 0.05) is 33.8 Å². The minimum atomic E-state index is -4.35. The van der Waals surface area contributed by atoms with Crippen molar-refractivity contribution in [3.05, 3.63) is 36.2 Å². The summed E-state index contributed by atoms with van der Waals surface area (Å²) >= 11 is 0. The van der Waals surface area contributed by atoms with Gasteiger partial charge < -0.3 is 0 Å². The number of aromatic nitrogens is 1. The summed E-state index contributed by atoms with van der Waals surface area (Å²) in [5.41, 5.74) is 0. The van der Waals surface area contributed by atoms with Gasteiger partial charge in [0.25, 0.3) is 9.05 Å². The molecule has 0 amide bonds. The molecule has 0 aliphatic heterocycles. The van der Waals surface area contributed by atoms with E-state index in [1.807, 2.05) is 0 Å². The summed E-state index contributed by atoms with van der Waals surface area (Å²) in [7, 11) is 0.707. The van der Waals surface area contributed by atoms with Crippen molar-refractivity contribution >= 4 is 30.5 Å². The van der Waals surface area contributed by atoms with E-state index in [4.69, 9.17) is 10.7 Å². The number of nitrogens with zero attached hydrogens (tertiary/aromatic N) is 1. The molecule has 1 aromatic heterocycles. The van der Waals surface area contributed by atoms with Crippen LogP contribution in [0, 0.1) is 11.6 Å². The zero-order valence-corrected chi connectivity index (χ0v) is 9.19. The van der Waals surface area contributed by atoms with Crippen LogP contribution in [0.25, 0.3) is 10.8 Å². The van der Waals surface area contributed by atoms with Gasteiger partial charge in [-0.25, -0.2) is 17.2 Å². The molecule has 7 heteroatoms. The van der Waals surface area contributed by atoms with Crippen molar-refractivity contribution in [3.63, 3.8) is 0 Å². The van der Waals surface area contributed by atoms with E-state index < -0.39 is 25.6 Å². The van der Waals surface area contributed by atoms with Gasteiger partial charge in [0.15, 0.2) is 11.6 Å². The first-order valence-electron chi connectivity index (χ1n) is 4.07. The quantitative estimate of drug-likeness (QED) is 0.743. The maximum Gasteiger partial charge on any atom is 0.264 e. The number of hydrogen-bond acceptors (Lipinski definition) is 3. The van der Waals surface area contributed by atoms with Gasteiger partial charge in [-0.15, -0.1) is 0 Å². The van der Waals surface area contributed by atoms with E-state index in [-0.39, 0.29) is 10.8 Å². The van der Waals surface area contributed by atoms with Crippen LogP contribution < -0.4 is 0 Å². The predicted molar refractivity (Wildman–Crippen MR) is 54.7 cm³/mol. The Hall–Kier alpha value is -1.27. The van der Waals surface area contributed by atoms with Crippen LogP contribution in [0.5, 0.6) is 0 Å². The van der Waals surface area contributed by atoms with Crippen molar-refractivity contribution in [2.45, 2.75) is 4.90 Å². The average molecular weight is 264 g/mol. The van der Waals surface area contributed by atoms with Crippen molar-refractivity contribution in [1.29, 1.82) is 0 Å². The summed E-state index contributed by atoms with van der Waals surface area (Å²) in [4.78, 5) is 2.82. The molecule has 0 radical (unpaired) electrons. The number of pyridine rings is 1. The predicted octanol–water partition coefficient (Wildman–Crippen LogP) is 2.44. The first-order valence-corrected chi connectivity index (χ1v) is 6.38. The van der Waals surface area contributed by atoms with E-state index in [1.165, 1.54) is 18.5 Å². The van der Waals surface area contributed by atoms with Crippen LogP contribution >= 0.6 is 10.7 Å². The second kappa shape index (κ2) is 3.64. The van der Waals surface area contributed by atoms with Crippen molar-refractivity contribution < 1.29 is 17.2 Å². The molecule has 16 heavy (non-hydrogen) atoms. The Balaban J connectivity index is 3.05. The summed E-state index contributed by atoms with van der Waals surface area (Å²) in [6.45, 7) is 0. The highest BCUT2D eigenvalue weighted by Gasteiger charge is 2.23. The molecule has 0 bridgehead atoms. The number of rotatable bonds is 1. The molecule has 1 heterocycles. The smallest absolute Gasteiger partial charge is 0.264 e. The number of hydrogen-bond donors (Lipinski definition) is 0. The number of halogens is 3. The molecule has 2 rings (SSSR count). The minimum absolute atomic E-state index is 0.00361. The third-order valence-electron chi connectivity index (χ3n) is 2.03. The van der Waals surface area contributed by atoms with Crippen LogP contribution in [0.2, 0.25) is 0 Å². The summed E-state index contributed by atoms with van der Waals surface area (Å²) in [6, 6.07) is 2.12. The second-order valence-corrected chi connectivity index (χ2v) is 5.54. The Morgan fingerprint density at radius 3 is 2.62 bits per heavy atom. The normalized spacial score (nSPS) is 11.9. The van der Waals surface area contributed by atoms with Gasteiger partial charge in [0.05, 0.1) is 0 Å². The van der Waals surface area contributed by atoms with Crippen LogP contribution in [0.4, 0.5) is 8.78 Å². The molecule has 3 nitrogen and oxygen atoms in total. The summed E-state index contributed by atoms with van der Waals surface area (Å²) in [5, 5.41) is 0.171. The third kappa shape index (κ3) is 1.74. The Labute approximate surface area is 94.1 Å². The van der Waals surface area contributed by atoms with Crippen LogP contribution in [0.1, 0.15) is 0 Å². The molecular formula is C9H4ClF2NO2S. The molecule has 0 unspecified atom stereocenters. The minimum Gasteiger partial charge on any atom is -0.264 e. The van der Waals surface area contributed by atoms with Crippen LogP contribution in [-0.4, -0.2) is 13.4 Å². The summed E-state index contributed by atoms with van der Waals surface area (Å²) in [6.07, 6.45) is 2.49. The summed E-state index contributed by atoms with van der Waals surface area (Å²) < 4.78 is 48.8. The van der Waals surface area contributed by atoms with E-state index in [0.29, 0.717) is 0 Å². The SMILES string of the molecule is O=S(=O)(Cl)c1c(F)c(F)cc2cnccc12. The highest BCUT2D eigenvalue weighted by Crippen LogP contribution is 2.29. The molecule has 2 aromatic rings. The molecule has 0 fully saturated rings. The van der Waals surface area contributed by atoms with E-state index in [1.54, 1.807) is 0 Å². The summed E-state index contributed by atoms with van der Waals surface area (Å²) in [5.74, 6) is -2.76. The van der Waals surface area contributed by atoms with E-state index in [0.717, 1.165) is 6.07 Å². The van der Waals surface area contributed by atoms with Gasteiger partial charge in [-0.3, -0.25) is 4.98 Å². The van der Waals surface area contributed by atoms with Crippen LogP contribution in [-0.2, 0) is 9.05 Å². The monoisotopic (exact) mass is 263 g/mol. The fraction of sp³-hybridized carbons (Fsp3) is 0. The van der Waals surface area contributed by atoms with Crippen molar-refractivity contribution in [2.75, 3.05) is 0 Å². The largest absolute Gasteiger partial charge is 0.264 e. The molecule has 0 atom stereocenters. The molecule has 0 aliphatic rings. The first kappa shape index (κ1) is 11.2. The lowest BCUT2D eigenvalue weighted by Gasteiger charge is -2.05. The van der Waals surface area contributed by atoms with E-state index in [9.17, 15) is 17.2 Å². The molecule has 1 aromatic carbocycles. The topological polar surface area (TPSA) is 47.0 Å². The standard InChI is InChI=1S/C9H4ClF2NO2S/c10-16(14,15)9-6-1-2-13-4-5(6)3-7(11)8(9)12/h1-4H. The lowest BCUT2D eigenvalue weighted by atomic mass is 10.2. The van der Waals surface area contributed by atoms with E-state index in [2.05, 4.69) is 4.98 Å². The second-order valence-electron chi connectivity index (χ2n) is 3.04. The van der Waals surface area contributed by atoms with Gasteiger partial charge in [0.2, 0.25) is 0 Å². The molecule has 0 N–H and O–H groups in total. The Bertz CT molecular complexity index is 673. The third-order valence-corrected chi connectivity index (χ3v) is 3.38. The number of fused-ring (bicyclic) bond motifs is 1. The maximum absolute atomic E-state index is 13.4. The van der Waals surface area contributed by atoms with Gasteiger partial charge in [-0.1, -0.05) is 0 Å². The van der Waals surface area contributed by atoms with Gasteiger partial charge in [0.1, 0.15) is 4.90 Å². The highest BCUT2D eigenvalue weighted by molar-refractivity contribution is 8.14. The fourth-order valence-electron chi connectivity index (χ4n) is 1.39. The van der Waals surface area contributed by atoms with Crippen molar-refractivity contribution in [3.8, 4) is 0 Å². The number of benzene rings is 1. The molecule has 0 aliphatic carbocycles. The first-order chi connectivity index (χ1) is 7.41. The van der Waals surface area contributed by atoms with E-state index >= 15 is 0 Å². The zero-order chi connectivity index (χ0) is 11.9. The van der Waals surface area contributed by atoms with Crippen molar-refractivity contribution in [1.82, 2.24) is 4.98 Å². The zero-order valence-electron chi connectivity index (χ0n) is 7.62. The molecule has 0 saturated heterocycles. The van der Waals surface area contributed by atoms with Gasteiger partial charge >= 0.3 is 0 Å². The molecule has 84 valence electrons. The average Bonchev–Trinajstić information content (AvgIpc) is 2.17. The highest BCUT2D eigenvalue weighted by atomic mass is 35.7. The van der Waals surface area contributed by atoms with Crippen LogP contribution in [0.3, 0.4) is 0 Å². The Morgan fingerprint density at radius 2 is 2.00 bits per heavy atom. The molecule has 0 saturated carbocycles. The van der Waals surface area contributed by atoms with Gasteiger partial charge in [-0.05, 0) is 12.1 Å². The molecular weight excluding hydrogens is 260 g/mol. The van der Waals surface area contributed by atoms with Crippen LogP contribution in [0.15, 0.2) is 29.4 Å². The fourth-order valence-corrected chi connectivity index (χ4v) is 2.61. The van der Waals surface area contributed by atoms with Gasteiger partial charge in [-0.2, -0.15) is 0 Å². The Kier molecular flexibility index (Phi) is 2.55.